The van der Waals surface area contributed by atoms with Gasteiger partial charge in [0.15, 0.2) is 12.6 Å². The first-order valence-electron chi connectivity index (χ1n) is 8.01. The minimum absolute atomic E-state index is 0.0294. The van der Waals surface area contributed by atoms with Gasteiger partial charge in [0.05, 0.1) is 7.05 Å². The third-order valence-electron chi connectivity index (χ3n) is 4.17. The number of likely N-dealkylation sites (N-methyl/N-ethyl adjacent to an activating group) is 1. The number of carbonyl (C=O) groups is 2. The summed E-state index contributed by atoms with van der Waals surface area (Å²) in [4.78, 5) is 25.1. The fourth-order valence-corrected chi connectivity index (χ4v) is 2.33. The summed E-state index contributed by atoms with van der Waals surface area (Å²) in [6.45, 7) is 4.20. The fourth-order valence-electron chi connectivity index (χ4n) is 2.33. The van der Waals surface area contributed by atoms with E-state index in [4.69, 9.17) is 0 Å². The van der Waals surface area contributed by atoms with Crippen LogP contribution in [0.5, 0.6) is 0 Å². The van der Waals surface area contributed by atoms with E-state index in [9.17, 15) is 9.59 Å². The molecular weight excluding hydrogens is 278 g/mol. The second kappa shape index (κ2) is 7.40. The van der Waals surface area contributed by atoms with Crippen LogP contribution in [0.15, 0.2) is 24.3 Å². The number of carbonyl (C=O) groups excluding carboxylic acids is 2. The van der Waals surface area contributed by atoms with Crippen molar-refractivity contribution in [1.82, 2.24) is 5.32 Å². The molecule has 2 rings (SSSR count). The van der Waals surface area contributed by atoms with Crippen molar-refractivity contribution in [2.24, 2.45) is 0 Å². The second-order valence-corrected chi connectivity index (χ2v) is 6.09. The molecule has 1 fully saturated rings. The largest absolute Gasteiger partial charge is 0.348 e. The number of quaternary nitrogens is 1. The van der Waals surface area contributed by atoms with E-state index in [2.05, 4.69) is 17.6 Å². The van der Waals surface area contributed by atoms with Gasteiger partial charge in [-0.2, -0.15) is 0 Å². The number of nitrogens with one attached hydrogen (secondary N) is 3. The molecule has 120 valence electrons. The summed E-state index contributed by atoms with van der Waals surface area (Å²) in [6, 6.07) is 7.93. The molecule has 1 aliphatic rings. The van der Waals surface area contributed by atoms with Gasteiger partial charge in [0.1, 0.15) is 0 Å². The lowest BCUT2D eigenvalue weighted by Gasteiger charge is -2.20. The van der Waals surface area contributed by atoms with Gasteiger partial charge in [0.25, 0.3) is 11.8 Å². The quantitative estimate of drug-likeness (QED) is 0.681. The highest BCUT2D eigenvalue weighted by Crippen LogP contribution is 2.18. The maximum atomic E-state index is 12.2. The fraction of sp³-hybridized carbons (Fsp3) is 0.529. The van der Waals surface area contributed by atoms with Crippen molar-refractivity contribution in [3.8, 4) is 0 Å². The first kappa shape index (κ1) is 16.5. The molecule has 0 spiro atoms. The molecule has 0 heterocycles. The molecule has 1 aromatic carbocycles. The summed E-state index contributed by atoms with van der Waals surface area (Å²) in [5.74, 6) is -0.0359. The van der Waals surface area contributed by atoms with Crippen LogP contribution in [0.4, 0.5) is 5.69 Å². The first-order valence-corrected chi connectivity index (χ1v) is 8.01. The van der Waals surface area contributed by atoms with Crippen molar-refractivity contribution in [2.75, 3.05) is 18.9 Å². The molecule has 1 saturated carbocycles. The number of amides is 2. The van der Waals surface area contributed by atoms with Crippen molar-refractivity contribution in [1.29, 1.82) is 0 Å². The topological polar surface area (TPSA) is 62.6 Å². The van der Waals surface area contributed by atoms with E-state index in [0.717, 1.165) is 35.4 Å². The zero-order valence-electron chi connectivity index (χ0n) is 13.6. The standard InChI is InChI=1S/C17H25N3O2/c1-4-13-7-5-6-8-15(13)19-16(21)11-20(3)12(2)17(22)18-14-9-10-14/h5-8,12,14H,4,9-11H2,1-3H3,(H,18,22)(H,19,21)/p+1/t12-/m1/s1. The molecule has 2 atom stereocenters. The number of para-hydroxylation sites is 1. The highest BCUT2D eigenvalue weighted by Gasteiger charge is 2.29. The van der Waals surface area contributed by atoms with Crippen molar-refractivity contribution in [3.05, 3.63) is 29.8 Å². The van der Waals surface area contributed by atoms with Gasteiger partial charge < -0.3 is 15.5 Å². The molecule has 0 aromatic heterocycles. The van der Waals surface area contributed by atoms with Gasteiger partial charge in [-0.15, -0.1) is 0 Å². The van der Waals surface area contributed by atoms with Gasteiger partial charge >= 0.3 is 0 Å². The van der Waals surface area contributed by atoms with Crippen molar-refractivity contribution in [2.45, 2.75) is 45.2 Å². The van der Waals surface area contributed by atoms with Crippen LogP contribution in [0.1, 0.15) is 32.3 Å². The van der Waals surface area contributed by atoms with Gasteiger partial charge in [0.2, 0.25) is 0 Å². The molecule has 1 unspecified atom stereocenters. The number of hydrogen-bond acceptors (Lipinski definition) is 2. The zero-order valence-corrected chi connectivity index (χ0v) is 13.6. The normalized spacial score (nSPS) is 16.7. The summed E-state index contributed by atoms with van der Waals surface area (Å²) < 4.78 is 0. The number of anilines is 1. The van der Waals surface area contributed by atoms with Gasteiger partial charge in [-0.05, 0) is 37.8 Å². The van der Waals surface area contributed by atoms with E-state index < -0.39 is 0 Å². The molecule has 0 bridgehead atoms. The van der Waals surface area contributed by atoms with Gasteiger partial charge in [-0.25, -0.2) is 0 Å². The number of hydrogen-bond donors (Lipinski definition) is 3. The molecule has 0 aliphatic heterocycles. The molecule has 0 radical (unpaired) electrons. The zero-order chi connectivity index (χ0) is 16.1. The van der Waals surface area contributed by atoms with Crippen LogP contribution in [0.3, 0.4) is 0 Å². The maximum Gasteiger partial charge on any atom is 0.279 e. The van der Waals surface area contributed by atoms with Crippen LogP contribution in [0.25, 0.3) is 0 Å². The molecule has 1 aliphatic carbocycles. The molecule has 2 amide bonds. The summed E-state index contributed by atoms with van der Waals surface area (Å²) in [6.07, 6.45) is 3.02. The minimum atomic E-state index is -0.229. The Morgan fingerprint density at radius 1 is 1.32 bits per heavy atom. The van der Waals surface area contributed by atoms with Crippen LogP contribution < -0.4 is 15.5 Å². The summed E-state index contributed by atoms with van der Waals surface area (Å²) >= 11 is 0. The van der Waals surface area contributed by atoms with E-state index in [-0.39, 0.29) is 24.4 Å². The molecule has 3 N–H and O–H groups in total. The number of benzene rings is 1. The summed E-state index contributed by atoms with van der Waals surface area (Å²) in [7, 11) is 1.88. The monoisotopic (exact) mass is 304 g/mol. The van der Waals surface area contributed by atoms with E-state index >= 15 is 0 Å². The summed E-state index contributed by atoms with van der Waals surface area (Å²) in [5, 5.41) is 5.93. The van der Waals surface area contributed by atoms with E-state index in [1.807, 2.05) is 38.2 Å². The Morgan fingerprint density at radius 2 is 2.00 bits per heavy atom. The Labute approximate surface area is 132 Å². The van der Waals surface area contributed by atoms with Crippen LogP contribution in [0.2, 0.25) is 0 Å². The maximum absolute atomic E-state index is 12.2. The highest BCUT2D eigenvalue weighted by atomic mass is 16.2. The SMILES string of the molecule is CCc1ccccc1NC(=O)C[NH+](C)[C@H](C)C(=O)NC1CC1. The van der Waals surface area contributed by atoms with Crippen molar-refractivity contribution < 1.29 is 14.5 Å². The number of rotatable bonds is 7. The van der Waals surface area contributed by atoms with Crippen LogP contribution >= 0.6 is 0 Å². The third-order valence-corrected chi connectivity index (χ3v) is 4.17. The third kappa shape index (κ3) is 4.56. The van der Waals surface area contributed by atoms with Gasteiger partial charge in [-0.1, -0.05) is 25.1 Å². The van der Waals surface area contributed by atoms with Gasteiger partial charge in [0, 0.05) is 11.7 Å². The first-order chi connectivity index (χ1) is 10.5. The Bertz CT molecular complexity index is 540. The van der Waals surface area contributed by atoms with E-state index in [1.54, 1.807) is 0 Å². The summed E-state index contributed by atoms with van der Waals surface area (Å²) in [5.41, 5.74) is 1.98. The molecular formula is C17H26N3O2+. The smallest absolute Gasteiger partial charge is 0.279 e. The molecule has 1 aromatic rings. The molecule has 5 nitrogen and oxygen atoms in total. The highest BCUT2D eigenvalue weighted by molar-refractivity contribution is 5.92. The second-order valence-electron chi connectivity index (χ2n) is 6.09. The molecule has 0 saturated heterocycles. The minimum Gasteiger partial charge on any atom is -0.348 e. The predicted molar refractivity (Wildman–Crippen MR) is 86.8 cm³/mol. The van der Waals surface area contributed by atoms with Crippen LogP contribution in [-0.4, -0.2) is 37.5 Å². The lowest BCUT2D eigenvalue weighted by atomic mass is 10.1. The van der Waals surface area contributed by atoms with E-state index in [1.165, 1.54) is 0 Å². The Morgan fingerprint density at radius 3 is 2.64 bits per heavy atom. The average molecular weight is 304 g/mol. The van der Waals surface area contributed by atoms with Crippen molar-refractivity contribution >= 4 is 17.5 Å². The molecule has 5 heteroatoms. The van der Waals surface area contributed by atoms with Crippen LogP contribution in [-0.2, 0) is 16.0 Å². The van der Waals surface area contributed by atoms with Crippen molar-refractivity contribution in [3.63, 3.8) is 0 Å². The number of aryl methyl sites for hydroxylation is 1. The predicted octanol–water partition coefficient (Wildman–Crippen LogP) is 0.369. The Kier molecular flexibility index (Phi) is 5.55. The lowest BCUT2D eigenvalue weighted by molar-refractivity contribution is -0.885. The van der Waals surface area contributed by atoms with E-state index in [0.29, 0.717) is 6.04 Å². The average Bonchev–Trinajstić information content (AvgIpc) is 3.30. The molecule has 22 heavy (non-hydrogen) atoms. The van der Waals surface area contributed by atoms with Crippen LogP contribution in [0, 0.1) is 0 Å². The lowest BCUT2D eigenvalue weighted by Crippen LogP contribution is -3.15. The Hall–Kier alpha value is -1.88. The Balaban J connectivity index is 1.86. The van der Waals surface area contributed by atoms with Gasteiger partial charge in [-0.3, -0.25) is 9.59 Å².